The quantitative estimate of drug-likeness (QED) is 0.197. The van der Waals surface area contributed by atoms with Gasteiger partial charge in [0.2, 0.25) is 0 Å². The van der Waals surface area contributed by atoms with E-state index in [4.69, 9.17) is 10.00 Å². The van der Waals surface area contributed by atoms with Crippen LogP contribution in [0.1, 0.15) is 28.7 Å². The van der Waals surface area contributed by atoms with Crippen LogP contribution in [0.25, 0.3) is 21.9 Å². The molecule has 0 saturated heterocycles. The van der Waals surface area contributed by atoms with Crippen LogP contribution in [0.3, 0.4) is 0 Å². The third kappa shape index (κ3) is 5.36. The first-order valence-electron chi connectivity index (χ1n) is 11.3. The van der Waals surface area contributed by atoms with Gasteiger partial charge in [-0.2, -0.15) is 5.26 Å². The Labute approximate surface area is 201 Å². The van der Waals surface area contributed by atoms with Crippen molar-refractivity contribution in [3.05, 3.63) is 106 Å². The van der Waals surface area contributed by atoms with Crippen LogP contribution >= 0.6 is 0 Å². The highest BCUT2D eigenvalue weighted by molar-refractivity contribution is 5.88. The van der Waals surface area contributed by atoms with E-state index in [-0.39, 0.29) is 18.7 Å². The molecule has 0 aliphatic heterocycles. The van der Waals surface area contributed by atoms with Gasteiger partial charge in [-0.25, -0.2) is 17.6 Å². The van der Waals surface area contributed by atoms with Gasteiger partial charge in [0.05, 0.1) is 0 Å². The molecule has 4 rings (SSSR count). The summed E-state index contributed by atoms with van der Waals surface area (Å²) in [5, 5.41) is 9.81. The number of benzene rings is 4. The van der Waals surface area contributed by atoms with E-state index in [1.54, 1.807) is 43.5 Å². The number of aryl methyl sites for hydroxylation is 3. The summed E-state index contributed by atoms with van der Waals surface area (Å²) in [6, 6.07) is 17.3. The average Bonchev–Trinajstić information content (AvgIpc) is 2.83. The summed E-state index contributed by atoms with van der Waals surface area (Å²) in [5.41, 5.74) is 2.10. The highest BCUT2D eigenvalue weighted by Gasteiger charge is 2.14. The summed E-state index contributed by atoms with van der Waals surface area (Å²) in [6.07, 6.45) is 1.97. The summed E-state index contributed by atoms with van der Waals surface area (Å²) >= 11 is 0. The first kappa shape index (κ1) is 24.4. The van der Waals surface area contributed by atoms with Gasteiger partial charge in [-0.05, 0) is 77.6 Å². The van der Waals surface area contributed by atoms with Gasteiger partial charge in [-0.1, -0.05) is 36.4 Å². The lowest BCUT2D eigenvalue weighted by Gasteiger charge is -2.11. The molecule has 0 N–H and O–H groups in total. The lowest BCUT2D eigenvalue weighted by Crippen LogP contribution is -1.99. The maximum atomic E-state index is 15.2. The normalized spacial score (nSPS) is 11.1. The van der Waals surface area contributed by atoms with Crippen LogP contribution in [0.5, 0.6) is 0 Å². The fourth-order valence-corrected chi connectivity index (χ4v) is 4.22. The van der Waals surface area contributed by atoms with Crippen molar-refractivity contribution in [3.8, 4) is 17.2 Å². The molecule has 6 heteroatoms. The van der Waals surface area contributed by atoms with Gasteiger partial charge in [0.15, 0.2) is 0 Å². The fraction of sp³-hybridized carbons (Fsp3) is 0.207. The molecule has 0 amide bonds. The topological polar surface area (TPSA) is 33.0 Å². The molecule has 0 aliphatic rings. The van der Waals surface area contributed by atoms with Crippen LogP contribution in [0.15, 0.2) is 60.7 Å². The van der Waals surface area contributed by atoms with E-state index >= 15 is 4.39 Å². The van der Waals surface area contributed by atoms with Gasteiger partial charge in [-0.15, -0.1) is 0 Å². The number of rotatable bonds is 8. The Bertz CT molecular complexity index is 1400. The highest BCUT2D eigenvalue weighted by Crippen LogP contribution is 2.30. The first-order chi connectivity index (χ1) is 16.9. The van der Waals surface area contributed by atoms with E-state index in [2.05, 4.69) is 0 Å². The maximum Gasteiger partial charge on any atom is 0.144 e. The number of hydrogen-bond donors (Lipinski definition) is 0. The van der Waals surface area contributed by atoms with Crippen LogP contribution in [-0.4, -0.2) is 13.7 Å². The number of nitrogens with zero attached hydrogens (tertiary/aromatic N) is 1. The van der Waals surface area contributed by atoms with Crippen LogP contribution in [0.2, 0.25) is 0 Å². The Kier molecular flexibility index (Phi) is 7.48. The molecule has 0 unspecified atom stereocenters. The van der Waals surface area contributed by atoms with Crippen molar-refractivity contribution in [2.24, 2.45) is 0 Å². The SMILES string of the molecule is COCCCc1ccc(-c2ccc3c(F)c(CCc4cc(F)c(C#N)c(F)c4)ccc3c2)c(F)c1. The molecule has 178 valence electrons. The molecule has 0 spiro atoms. The molecule has 35 heavy (non-hydrogen) atoms. The van der Waals surface area contributed by atoms with Gasteiger partial charge in [-0.3, -0.25) is 0 Å². The van der Waals surface area contributed by atoms with Crippen molar-refractivity contribution in [1.82, 2.24) is 0 Å². The third-order valence-electron chi connectivity index (χ3n) is 6.09. The minimum atomic E-state index is -0.927. The minimum absolute atomic E-state index is 0.210. The molecule has 0 heterocycles. The second kappa shape index (κ2) is 10.7. The largest absolute Gasteiger partial charge is 0.385 e. The molecule has 0 radical (unpaired) electrons. The Morgan fingerprint density at radius 1 is 0.771 bits per heavy atom. The number of ether oxygens (including phenoxy) is 1. The smallest absolute Gasteiger partial charge is 0.144 e. The van der Waals surface area contributed by atoms with Crippen molar-refractivity contribution in [1.29, 1.82) is 5.26 Å². The molecule has 0 fully saturated rings. The van der Waals surface area contributed by atoms with E-state index in [1.165, 1.54) is 12.1 Å². The monoisotopic (exact) mass is 477 g/mol. The third-order valence-corrected chi connectivity index (χ3v) is 6.09. The summed E-state index contributed by atoms with van der Waals surface area (Å²) in [6.45, 7) is 0.614. The summed E-state index contributed by atoms with van der Waals surface area (Å²) < 4.78 is 62.7. The number of fused-ring (bicyclic) bond motifs is 1. The van der Waals surface area contributed by atoms with E-state index in [1.807, 2.05) is 6.07 Å². The van der Waals surface area contributed by atoms with Crippen molar-refractivity contribution in [2.45, 2.75) is 25.7 Å². The van der Waals surface area contributed by atoms with Crippen molar-refractivity contribution >= 4 is 10.8 Å². The molecule has 0 bridgehead atoms. The predicted molar refractivity (Wildman–Crippen MR) is 128 cm³/mol. The molecule has 2 nitrogen and oxygen atoms in total. The Balaban J connectivity index is 1.55. The number of halogens is 4. The molecule has 0 aliphatic carbocycles. The van der Waals surface area contributed by atoms with E-state index in [0.717, 1.165) is 30.5 Å². The lowest BCUT2D eigenvalue weighted by atomic mass is 9.96. The number of methoxy groups -OCH3 is 1. The standard InChI is InChI=1S/C29H23F4NO/c1-35-12-2-3-18-5-10-23(26(30)13-18)21-9-11-24-22(16-21)8-7-20(29(24)33)6-4-19-14-27(31)25(17-34)28(32)15-19/h5,7-11,13-16H,2-4,6,12H2,1H3. The zero-order chi connectivity index (χ0) is 24.9. The Morgan fingerprint density at radius 3 is 2.20 bits per heavy atom. The first-order valence-corrected chi connectivity index (χ1v) is 11.3. The number of nitriles is 1. The summed E-state index contributed by atoms with van der Waals surface area (Å²) in [7, 11) is 1.63. The second-order valence-electron chi connectivity index (χ2n) is 8.43. The van der Waals surface area contributed by atoms with E-state index in [9.17, 15) is 13.2 Å². The molecule has 0 aromatic heterocycles. The van der Waals surface area contributed by atoms with Crippen molar-refractivity contribution in [2.75, 3.05) is 13.7 Å². The lowest BCUT2D eigenvalue weighted by molar-refractivity contribution is 0.195. The summed E-state index contributed by atoms with van der Waals surface area (Å²) in [5.74, 6) is -2.61. The summed E-state index contributed by atoms with van der Waals surface area (Å²) in [4.78, 5) is 0. The zero-order valence-electron chi connectivity index (χ0n) is 19.2. The van der Waals surface area contributed by atoms with Gasteiger partial charge in [0.25, 0.3) is 0 Å². The van der Waals surface area contributed by atoms with E-state index < -0.39 is 23.0 Å². The molecule has 0 atom stereocenters. The van der Waals surface area contributed by atoms with Crippen LogP contribution in [0.4, 0.5) is 17.6 Å². The maximum absolute atomic E-state index is 15.2. The zero-order valence-corrected chi connectivity index (χ0v) is 19.2. The van der Waals surface area contributed by atoms with Crippen LogP contribution in [0, 0.1) is 34.6 Å². The predicted octanol–water partition coefficient (Wildman–Crippen LogP) is 7.30. The number of hydrogen-bond acceptors (Lipinski definition) is 2. The van der Waals surface area contributed by atoms with Gasteiger partial charge in [0.1, 0.15) is 34.9 Å². The molecule has 4 aromatic carbocycles. The van der Waals surface area contributed by atoms with Crippen molar-refractivity contribution in [3.63, 3.8) is 0 Å². The van der Waals surface area contributed by atoms with Crippen LogP contribution < -0.4 is 0 Å². The molecular weight excluding hydrogens is 454 g/mol. The molecule has 0 saturated carbocycles. The minimum Gasteiger partial charge on any atom is -0.385 e. The molecular formula is C29H23F4NO. The highest BCUT2D eigenvalue weighted by atomic mass is 19.1. The van der Waals surface area contributed by atoms with Gasteiger partial charge in [0, 0.05) is 24.7 Å². The van der Waals surface area contributed by atoms with E-state index in [0.29, 0.717) is 39.6 Å². The van der Waals surface area contributed by atoms with Crippen LogP contribution in [-0.2, 0) is 24.0 Å². The van der Waals surface area contributed by atoms with Crippen molar-refractivity contribution < 1.29 is 22.3 Å². The fourth-order valence-electron chi connectivity index (χ4n) is 4.22. The average molecular weight is 478 g/mol. The second-order valence-corrected chi connectivity index (χ2v) is 8.43. The van der Waals surface area contributed by atoms with Gasteiger partial charge < -0.3 is 4.74 Å². The molecule has 4 aromatic rings. The Morgan fingerprint density at radius 2 is 1.51 bits per heavy atom. The Hall–Kier alpha value is -3.69. The van der Waals surface area contributed by atoms with Gasteiger partial charge >= 0.3 is 0 Å².